The third-order valence-electron chi connectivity index (χ3n) is 2.23. The van der Waals surface area contributed by atoms with Gasteiger partial charge in [0.2, 0.25) is 0 Å². The van der Waals surface area contributed by atoms with Gasteiger partial charge in [-0.1, -0.05) is 6.07 Å². The lowest BCUT2D eigenvalue weighted by Crippen LogP contribution is -2.26. The molecule has 0 fully saturated rings. The van der Waals surface area contributed by atoms with Gasteiger partial charge in [0.1, 0.15) is 0 Å². The largest absolute Gasteiger partial charge is 0.315 e. The number of nitrogens with zero attached hydrogens (tertiary/aromatic N) is 1. The minimum atomic E-state index is -3.07. The molecule has 1 aromatic heterocycles. The Morgan fingerprint density at radius 1 is 1.33 bits per heavy atom. The van der Waals surface area contributed by atoms with Gasteiger partial charge in [-0.2, -0.15) is 0 Å². The van der Waals surface area contributed by atoms with Gasteiger partial charge in [0.15, 0.2) is 9.84 Å². The maximum atomic E-state index is 11.5. The smallest absolute Gasteiger partial charge is 0.250 e. The van der Waals surface area contributed by atoms with Gasteiger partial charge >= 0.3 is 0 Å². The van der Waals surface area contributed by atoms with E-state index in [9.17, 15) is 13.2 Å². The second-order valence-electron chi connectivity index (χ2n) is 3.65. The van der Waals surface area contributed by atoms with Crippen molar-refractivity contribution in [3.05, 3.63) is 34.7 Å². The Balaban J connectivity index is 2.75. The first kappa shape index (κ1) is 12.0. The Labute approximate surface area is 89.5 Å². The predicted molar refractivity (Wildman–Crippen MR) is 59.6 cm³/mol. The molecule has 84 valence electrons. The summed E-state index contributed by atoms with van der Waals surface area (Å²) >= 11 is 0. The lowest BCUT2D eigenvalue weighted by molar-refractivity contribution is 0.578. The molecule has 0 radical (unpaired) electrons. The zero-order valence-corrected chi connectivity index (χ0v) is 9.70. The molecule has 1 heterocycles. The van der Waals surface area contributed by atoms with Gasteiger partial charge in [-0.25, -0.2) is 8.42 Å². The molecule has 0 aromatic carbocycles. The van der Waals surface area contributed by atoms with E-state index in [4.69, 9.17) is 0 Å². The molecule has 0 amide bonds. The second-order valence-corrected chi connectivity index (χ2v) is 6.32. The number of hydrogen-bond acceptors (Lipinski definition) is 3. The van der Waals surface area contributed by atoms with E-state index in [0.717, 1.165) is 0 Å². The van der Waals surface area contributed by atoms with Crippen molar-refractivity contribution in [3.8, 4) is 0 Å². The standard InChI is InChI=1S/C10H15NO3S/c1-9(2)15(13,14)8-7-11-6-4-3-5-10(11)12/h3-6,9H,7-8H2,1-2H3. The van der Waals surface area contributed by atoms with Crippen molar-refractivity contribution in [1.82, 2.24) is 4.57 Å². The molecule has 0 atom stereocenters. The van der Waals surface area contributed by atoms with Gasteiger partial charge in [-0.3, -0.25) is 4.79 Å². The average Bonchev–Trinajstić information content (AvgIpc) is 2.16. The van der Waals surface area contributed by atoms with Crippen LogP contribution in [0, 0.1) is 0 Å². The first-order chi connectivity index (χ1) is 6.93. The van der Waals surface area contributed by atoms with Crippen molar-refractivity contribution >= 4 is 9.84 Å². The molecule has 0 unspecified atom stereocenters. The molecule has 0 bridgehead atoms. The summed E-state index contributed by atoms with van der Waals surface area (Å²) in [5.41, 5.74) is -0.170. The van der Waals surface area contributed by atoms with Crippen molar-refractivity contribution in [1.29, 1.82) is 0 Å². The Bertz CT molecular complexity index is 473. The van der Waals surface area contributed by atoms with Gasteiger partial charge < -0.3 is 4.57 Å². The minimum Gasteiger partial charge on any atom is -0.315 e. The summed E-state index contributed by atoms with van der Waals surface area (Å²) in [5.74, 6) is 0.00852. The minimum absolute atomic E-state index is 0.00852. The van der Waals surface area contributed by atoms with E-state index in [0.29, 0.717) is 0 Å². The summed E-state index contributed by atoms with van der Waals surface area (Å²) in [6.45, 7) is 3.51. The van der Waals surface area contributed by atoms with E-state index in [1.165, 1.54) is 10.6 Å². The normalized spacial score (nSPS) is 11.9. The molecule has 0 aliphatic heterocycles. The molecular formula is C10H15NO3S. The maximum Gasteiger partial charge on any atom is 0.250 e. The van der Waals surface area contributed by atoms with Crippen LogP contribution in [0.1, 0.15) is 13.8 Å². The highest BCUT2D eigenvalue weighted by molar-refractivity contribution is 7.91. The van der Waals surface area contributed by atoms with Gasteiger partial charge in [0.05, 0.1) is 11.0 Å². The number of hydrogen-bond donors (Lipinski definition) is 0. The Morgan fingerprint density at radius 2 is 2.00 bits per heavy atom. The van der Waals surface area contributed by atoms with Crippen molar-refractivity contribution in [2.75, 3.05) is 5.75 Å². The quantitative estimate of drug-likeness (QED) is 0.762. The van der Waals surface area contributed by atoms with E-state index >= 15 is 0 Å². The number of pyridine rings is 1. The highest BCUT2D eigenvalue weighted by atomic mass is 32.2. The van der Waals surface area contributed by atoms with Crippen LogP contribution in [0.2, 0.25) is 0 Å². The fraction of sp³-hybridized carbons (Fsp3) is 0.500. The summed E-state index contributed by atoms with van der Waals surface area (Å²) in [6.07, 6.45) is 1.60. The molecule has 0 saturated heterocycles. The van der Waals surface area contributed by atoms with Gasteiger partial charge in [0, 0.05) is 18.8 Å². The number of rotatable bonds is 4. The maximum absolute atomic E-state index is 11.5. The monoisotopic (exact) mass is 229 g/mol. The third-order valence-corrected chi connectivity index (χ3v) is 4.42. The molecule has 0 aliphatic carbocycles. The Hall–Kier alpha value is -1.10. The van der Waals surface area contributed by atoms with Crippen LogP contribution in [0.15, 0.2) is 29.2 Å². The van der Waals surface area contributed by atoms with E-state index in [1.54, 1.807) is 32.2 Å². The van der Waals surface area contributed by atoms with Crippen molar-refractivity contribution in [2.24, 2.45) is 0 Å². The highest BCUT2D eigenvalue weighted by Gasteiger charge is 2.15. The lowest BCUT2D eigenvalue weighted by atomic mass is 10.5. The number of aryl methyl sites for hydroxylation is 1. The van der Waals surface area contributed by atoms with Gasteiger partial charge in [0.25, 0.3) is 5.56 Å². The van der Waals surface area contributed by atoms with Crippen molar-refractivity contribution in [3.63, 3.8) is 0 Å². The first-order valence-electron chi connectivity index (χ1n) is 4.80. The molecule has 0 saturated carbocycles. The van der Waals surface area contributed by atoms with Crippen molar-refractivity contribution in [2.45, 2.75) is 25.6 Å². The topological polar surface area (TPSA) is 56.1 Å². The molecule has 0 spiro atoms. The fourth-order valence-corrected chi connectivity index (χ4v) is 2.03. The van der Waals surface area contributed by atoms with E-state index in [-0.39, 0.29) is 17.9 Å². The molecule has 0 N–H and O–H groups in total. The van der Waals surface area contributed by atoms with Crippen molar-refractivity contribution < 1.29 is 8.42 Å². The van der Waals surface area contributed by atoms with Gasteiger partial charge in [-0.05, 0) is 19.9 Å². The Kier molecular flexibility index (Phi) is 3.68. The zero-order valence-electron chi connectivity index (χ0n) is 8.88. The van der Waals surface area contributed by atoms with Crippen LogP contribution < -0.4 is 5.56 Å². The second kappa shape index (κ2) is 4.61. The number of aromatic nitrogens is 1. The summed E-state index contributed by atoms with van der Waals surface area (Å²) in [7, 11) is -3.07. The number of sulfone groups is 1. The van der Waals surface area contributed by atoms with Crippen LogP contribution in [-0.4, -0.2) is 24.0 Å². The van der Waals surface area contributed by atoms with E-state index in [1.807, 2.05) is 0 Å². The average molecular weight is 229 g/mol. The molecule has 1 rings (SSSR count). The fourth-order valence-electron chi connectivity index (χ4n) is 1.11. The summed E-state index contributed by atoms with van der Waals surface area (Å²) in [6, 6.07) is 4.77. The SMILES string of the molecule is CC(C)S(=O)(=O)CCn1ccccc1=O. The third kappa shape index (κ3) is 3.20. The summed E-state index contributed by atoms with van der Waals surface area (Å²) < 4.78 is 24.4. The molecular weight excluding hydrogens is 214 g/mol. The lowest BCUT2D eigenvalue weighted by Gasteiger charge is -2.08. The Morgan fingerprint density at radius 3 is 2.53 bits per heavy atom. The molecule has 5 heteroatoms. The summed E-state index contributed by atoms with van der Waals surface area (Å²) in [4.78, 5) is 11.3. The zero-order chi connectivity index (χ0) is 11.5. The van der Waals surface area contributed by atoms with E-state index < -0.39 is 15.1 Å². The molecule has 4 nitrogen and oxygen atoms in total. The van der Waals surface area contributed by atoms with Crippen LogP contribution in [-0.2, 0) is 16.4 Å². The molecule has 15 heavy (non-hydrogen) atoms. The molecule has 1 aromatic rings. The predicted octanol–water partition coefficient (Wildman–Crippen LogP) is 0.671. The first-order valence-corrected chi connectivity index (χ1v) is 6.52. The van der Waals surface area contributed by atoms with Gasteiger partial charge in [-0.15, -0.1) is 0 Å². The molecule has 0 aliphatic rings. The van der Waals surface area contributed by atoms with Crippen LogP contribution >= 0.6 is 0 Å². The highest BCUT2D eigenvalue weighted by Crippen LogP contribution is 2.00. The van der Waals surface area contributed by atoms with Crippen LogP contribution in [0.4, 0.5) is 0 Å². The van der Waals surface area contributed by atoms with E-state index in [2.05, 4.69) is 0 Å². The summed E-state index contributed by atoms with van der Waals surface area (Å²) in [5, 5.41) is -0.392. The van der Waals surface area contributed by atoms with Crippen LogP contribution in [0.3, 0.4) is 0 Å². The van der Waals surface area contributed by atoms with Crippen LogP contribution in [0.25, 0.3) is 0 Å². The van der Waals surface area contributed by atoms with Crippen LogP contribution in [0.5, 0.6) is 0 Å².